The molecule has 36 nitrogen and oxygen atoms in total. The number of rotatable bonds is 22. The number of aromatic nitrogens is 6. The van der Waals surface area contributed by atoms with Crippen LogP contribution in [0.4, 0.5) is 49.3 Å². The molecule has 6 aromatic heterocycles. The molecule has 6 aliphatic rings. The van der Waals surface area contributed by atoms with Crippen LogP contribution in [0.25, 0.3) is 0 Å². The Morgan fingerprint density at radius 1 is 0.509 bits per heavy atom. The van der Waals surface area contributed by atoms with E-state index in [0.717, 1.165) is 38.9 Å². The molecule has 112 heavy (non-hydrogen) atoms. The number of piperazine rings is 3. The maximum atomic E-state index is 12.9. The number of nitrogens with zero attached hydrogens (tertiary/aromatic N) is 18. The van der Waals surface area contributed by atoms with Gasteiger partial charge in [0.25, 0.3) is 0 Å². The lowest BCUT2D eigenvalue weighted by atomic mass is 10.1. The summed E-state index contributed by atoms with van der Waals surface area (Å²) >= 11 is 0. The van der Waals surface area contributed by atoms with Gasteiger partial charge in [0.2, 0.25) is 17.7 Å². The number of aldehydes is 3. The van der Waals surface area contributed by atoms with E-state index in [2.05, 4.69) is 51.9 Å². The van der Waals surface area contributed by atoms with E-state index in [9.17, 15) is 58.9 Å². The number of carbonyl (C=O) groups is 9. The van der Waals surface area contributed by atoms with E-state index in [0.29, 0.717) is 151 Å². The van der Waals surface area contributed by atoms with E-state index in [-0.39, 0.29) is 132 Å². The van der Waals surface area contributed by atoms with Gasteiger partial charge in [-0.3, -0.25) is 74.1 Å². The Bertz CT molecular complexity index is 4510. The third-order valence-electron chi connectivity index (χ3n) is 18.9. The maximum absolute atomic E-state index is 12.9. The Morgan fingerprint density at radius 3 is 1.22 bits per heavy atom. The van der Waals surface area contributed by atoms with Crippen LogP contribution < -0.4 is 44.9 Å². The van der Waals surface area contributed by atoms with Gasteiger partial charge in [0.1, 0.15) is 123 Å². The van der Waals surface area contributed by atoms with Crippen molar-refractivity contribution in [2.45, 2.75) is 83.9 Å². The monoisotopic (exact) mass is 1540 g/mol. The van der Waals surface area contributed by atoms with Crippen molar-refractivity contribution >= 4 is 89.6 Å². The highest BCUT2D eigenvalue weighted by atomic mass is 16.5. The van der Waals surface area contributed by atoms with Crippen molar-refractivity contribution in [3.8, 4) is 35.5 Å². The van der Waals surface area contributed by atoms with Crippen molar-refractivity contribution in [3.05, 3.63) is 124 Å². The summed E-state index contributed by atoms with van der Waals surface area (Å²) in [6.07, 6.45) is 10.7. The normalized spacial score (nSPS) is 17.4. The fraction of sp³-hybridized carbons (Fsp3) is 0.447. The summed E-state index contributed by atoms with van der Waals surface area (Å²) in [4.78, 5) is 151. The molecule has 590 valence electrons. The van der Waals surface area contributed by atoms with Crippen LogP contribution in [0, 0.1) is 34.0 Å². The van der Waals surface area contributed by atoms with Crippen LogP contribution in [-0.2, 0) is 48.2 Å². The SMILES string of the molecule is C.CN1CCN(Cc2ccc(N(C)C(=O)Nc3cc(OC4CCOC4)c(C#N)cn3)nc2C=O)C(=O)C1.CN1CCN(Cc2ccc(N(C)C(=O)Nc3cc(OC4CCOCC4)c(C#N)cn3)nc2C=O)C(=O)C1.CN1CCN(Cc2ccc(N(C)C(=O)Nc3cc(OCC4CCCCO4)c(C#N)cn3)nc2C=O)C(=O)C1. The summed E-state index contributed by atoms with van der Waals surface area (Å²) in [5.74, 6) is 2.26. The average molecular weight is 1540 g/mol. The summed E-state index contributed by atoms with van der Waals surface area (Å²) in [5, 5.41) is 36.2. The second kappa shape index (κ2) is 40.4. The fourth-order valence-electron chi connectivity index (χ4n) is 12.2. The molecule has 0 radical (unpaired) electrons. The molecule has 12 heterocycles. The van der Waals surface area contributed by atoms with Crippen LogP contribution in [0.2, 0.25) is 0 Å². The van der Waals surface area contributed by atoms with Gasteiger partial charge >= 0.3 is 18.1 Å². The molecule has 6 saturated heterocycles. The van der Waals surface area contributed by atoms with E-state index in [1.54, 1.807) is 51.1 Å². The molecule has 6 aromatic rings. The fourth-order valence-corrected chi connectivity index (χ4v) is 12.2. The van der Waals surface area contributed by atoms with Gasteiger partial charge < -0.3 is 43.1 Å². The average Bonchev–Trinajstić information content (AvgIpc) is 0.833. The molecule has 0 aliphatic carbocycles. The minimum atomic E-state index is -0.547. The number of hydrogen-bond donors (Lipinski definition) is 3. The van der Waals surface area contributed by atoms with Crippen molar-refractivity contribution in [1.82, 2.24) is 59.3 Å². The first-order chi connectivity index (χ1) is 53.6. The molecular weight excluding hydrogens is 1450 g/mol. The van der Waals surface area contributed by atoms with Crippen LogP contribution in [0.3, 0.4) is 0 Å². The zero-order valence-electron chi connectivity index (χ0n) is 62.5. The van der Waals surface area contributed by atoms with Crippen LogP contribution in [0.15, 0.2) is 73.2 Å². The first kappa shape index (κ1) is 83.8. The van der Waals surface area contributed by atoms with E-state index in [1.807, 2.05) is 48.0 Å². The Morgan fingerprint density at radius 2 is 0.875 bits per heavy atom. The standard InChI is InChI=1S/C26H31N7O5.C25H29N7O5.C24H27N7O5.CH4/c1-31-8-9-33(25(35)15-31)14-18-6-7-24(29-21(18)16-34)32(2)26(36)30-23-11-22(19(12-27)13-28-23)38-17-20-5-3-4-10-37-20;1-30-7-8-32(24(34)15-30)14-17-3-4-23(28-20(17)16-33)31(2)25(35)29-22-11-21(18(12-26)13-27-22)37-19-5-9-36-10-6-19;1-29-6-7-31(23(33)13-29)12-16-3-4-22(27-19(16)14-32)30(2)24(34)28-21-9-20(17(10-25)11-26-21)36-18-5-8-35-15-18;/h6-7,11,13,16,20H,3-5,8-10,14-15,17H2,1-2H3,(H,28,30,36);3-4,11,13,16,19H,5-10,14-15H2,1-2H3,(H,27,29,35);3-4,9,11,14,18H,5-8,12-13,15H2,1-2H3,(H,26,28,34);1H4. The van der Waals surface area contributed by atoms with E-state index < -0.39 is 18.1 Å². The molecule has 12 rings (SSSR count). The molecule has 0 aromatic carbocycles. The number of hydrogen-bond acceptors (Lipinski definition) is 27. The minimum Gasteiger partial charge on any atom is -0.489 e. The van der Waals surface area contributed by atoms with Crippen molar-refractivity contribution in [2.24, 2.45) is 0 Å². The van der Waals surface area contributed by atoms with E-state index in [1.165, 1.54) is 72.6 Å². The highest BCUT2D eigenvalue weighted by Gasteiger charge is 2.29. The molecule has 0 bridgehead atoms. The third-order valence-corrected chi connectivity index (χ3v) is 18.9. The van der Waals surface area contributed by atoms with Crippen LogP contribution in [0.5, 0.6) is 17.2 Å². The summed E-state index contributed by atoms with van der Waals surface area (Å²) in [6.45, 7) is 8.95. The number of nitriles is 3. The number of pyridine rings is 6. The topological polar surface area (TPSA) is 423 Å². The summed E-state index contributed by atoms with van der Waals surface area (Å²) in [5.41, 5.74) is 3.06. The van der Waals surface area contributed by atoms with Crippen molar-refractivity contribution < 1.29 is 71.6 Å². The van der Waals surface area contributed by atoms with Gasteiger partial charge in [0.05, 0.1) is 70.8 Å². The zero-order chi connectivity index (χ0) is 79.1. The number of carbonyl (C=O) groups excluding carboxylic acids is 9. The molecule has 9 amide bonds. The lowest BCUT2D eigenvalue weighted by Crippen LogP contribution is -2.48. The first-order valence-electron chi connectivity index (χ1n) is 35.9. The quantitative estimate of drug-likeness (QED) is 0.0694. The third kappa shape index (κ3) is 22.7. The van der Waals surface area contributed by atoms with Gasteiger partial charge in [-0.1, -0.05) is 25.6 Å². The summed E-state index contributed by atoms with van der Waals surface area (Å²) in [6, 6.07) is 18.9. The van der Waals surface area contributed by atoms with Gasteiger partial charge in [-0.05, 0) is 58.6 Å². The van der Waals surface area contributed by atoms with E-state index >= 15 is 0 Å². The molecule has 2 atom stereocenters. The lowest BCUT2D eigenvalue weighted by Gasteiger charge is -2.32. The number of anilines is 6. The van der Waals surface area contributed by atoms with Gasteiger partial charge in [-0.25, -0.2) is 44.3 Å². The Hall–Kier alpha value is -12.2. The molecule has 6 aliphatic heterocycles. The predicted octanol–water partition coefficient (Wildman–Crippen LogP) is 5.62. The van der Waals surface area contributed by atoms with Crippen molar-refractivity contribution in [1.29, 1.82) is 15.8 Å². The van der Waals surface area contributed by atoms with Gasteiger partial charge in [-0.15, -0.1) is 0 Å². The van der Waals surface area contributed by atoms with E-state index in [4.69, 9.17) is 28.4 Å². The Labute approximate surface area is 648 Å². The highest BCUT2D eigenvalue weighted by molar-refractivity contribution is 6.02. The molecule has 0 spiro atoms. The second-order valence-corrected chi connectivity index (χ2v) is 27.0. The van der Waals surface area contributed by atoms with Crippen LogP contribution in [-0.4, -0.2) is 273 Å². The van der Waals surface area contributed by atoms with Gasteiger partial charge in [-0.2, -0.15) is 15.8 Å². The number of nitrogens with one attached hydrogen (secondary N) is 3. The molecule has 36 heteroatoms. The van der Waals surface area contributed by atoms with Gasteiger partial charge in [0.15, 0.2) is 18.9 Å². The highest BCUT2D eigenvalue weighted by Crippen LogP contribution is 2.29. The van der Waals surface area contributed by atoms with Crippen LogP contribution in [0.1, 0.15) is 111 Å². The molecule has 2 unspecified atom stereocenters. The van der Waals surface area contributed by atoms with Gasteiger partial charge in [0, 0.05) is 141 Å². The summed E-state index contributed by atoms with van der Waals surface area (Å²) in [7, 11) is 10.2. The maximum Gasteiger partial charge on any atom is 0.328 e. The van der Waals surface area contributed by atoms with Crippen LogP contribution >= 0.6 is 0 Å². The molecule has 0 saturated carbocycles. The van der Waals surface area contributed by atoms with Crippen molar-refractivity contribution in [3.63, 3.8) is 0 Å². The first-order valence-corrected chi connectivity index (χ1v) is 35.9. The summed E-state index contributed by atoms with van der Waals surface area (Å²) < 4.78 is 34.0. The number of urea groups is 3. The van der Waals surface area contributed by atoms with Crippen molar-refractivity contribution in [2.75, 3.05) is 171 Å². The number of ether oxygens (including phenoxy) is 6. The smallest absolute Gasteiger partial charge is 0.328 e. The number of amides is 9. The number of likely N-dealkylation sites (N-methyl/N-ethyl adjacent to an activating group) is 3. The lowest BCUT2D eigenvalue weighted by molar-refractivity contribution is -0.136. The zero-order valence-corrected chi connectivity index (χ0v) is 62.5. The Balaban J connectivity index is 0.000000192. The molecule has 3 N–H and O–H groups in total. The second-order valence-electron chi connectivity index (χ2n) is 27.0. The molecule has 6 fully saturated rings. The minimum absolute atomic E-state index is 0. The molecular formula is C76H91N21O15. The Kier molecular flexibility index (Phi) is 30.3. The largest absolute Gasteiger partial charge is 0.489 e. The predicted molar refractivity (Wildman–Crippen MR) is 407 cm³/mol.